The van der Waals surface area contributed by atoms with Crippen LogP contribution in [0.15, 0.2) is 66.7 Å². The molecule has 0 aromatic heterocycles. The molecule has 4 nitrogen and oxygen atoms in total. The van der Waals surface area contributed by atoms with E-state index in [-0.39, 0.29) is 6.61 Å². The Bertz CT molecular complexity index is 797. The highest BCUT2D eigenvalue weighted by Crippen LogP contribution is 2.25. The van der Waals surface area contributed by atoms with Gasteiger partial charge in [-0.25, -0.2) is 0 Å². The molecule has 130 valence electrons. The van der Waals surface area contributed by atoms with Crippen molar-refractivity contribution < 1.29 is 9.84 Å². The number of nitrogens with one attached hydrogen (secondary N) is 1. The van der Waals surface area contributed by atoms with Gasteiger partial charge in [0.2, 0.25) is 0 Å². The minimum atomic E-state index is -0.551. The first-order valence-electron chi connectivity index (χ1n) is 8.56. The number of hydrogen-bond acceptors (Lipinski definition) is 4. The van der Waals surface area contributed by atoms with Gasteiger partial charge in [-0.05, 0) is 42.1 Å². The van der Waals surface area contributed by atoms with E-state index in [1.807, 2.05) is 54.6 Å². The van der Waals surface area contributed by atoms with E-state index in [1.54, 1.807) is 0 Å². The smallest absolute Gasteiger partial charge is 0.127 e. The Morgan fingerprint density at radius 3 is 2.56 bits per heavy atom. The number of rotatable bonds is 8. The van der Waals surface area contributed by atoms with E-state index >= 15 is 0 Å². The molecule has 0 bridgehead atoms. The van der Waals surface area contributed by atoms with Crippen molar-refractivity contribution in [1.29, 1.82) is 0 Å². The lowest BCUT2D eigenvalue weighted by molar-refractivity contribution is 0.107. The molecule has 3 rings (SSSR count). The van der Waals surface area contributed by atoms with Gasteiger partial charge in [-0.15, -0.1) is 0 Å². The number of aliphatic hydroxyl groups excluding tert-OH is 1. The minimum Gasteiger partial charge on any atom is -0.490 e. The van der Waals surface area contributed by atoms with E-state index in [0.29, 0.717) is 6.54 Å². The van der Waals surface area contributed by atoms with Crippen LogP contribution in [0.5, 0.6) is 5.75 Å². The second-order valence-corrected chi connectivity index (χ2v) is 6.14. The molecule has 0 aliphatic carbocycles. The van der Waals surface area contributed by atoms with Crippen molar-refractivity contribution in [3.8, 4) is 5.75 Å². The third-order valence-corrected chi connectivity index (χ3v) is 4.13. The van der Waals surface area contributed by atoms with E-state index in [4.69, 9.17) is 10.5 Å². The minimum absolute atomic E-state index is 0.267. The van der Waals surface area contributed by atoms with Crippen LogP contribution in [0.4, 0.5) is 5.69 Å². The van der Waals surface area contributed by atoms with Crippen LogP contribution < -0.4 is 15.8 Å². The van der Waals surface area contributed by atoms with Gasteiger partial charge >= 0.3 is 0 Å². The van der Waals surface area contributed by atoms with Gasteiger partial charge in [0.1, 0.15) is 18.5 Å². The number of nitrogen functional groups attached to an aromatic ring is 1. The lowest BCUT2D eigenvalue weighted by atomic mass is 10.1. The van der Waals surface area contributed by atoms with Crippen molar-refractivity contribution in [1.82, 2.24) is 5.32 Å². The fraction of sp³-hybridized carbons (Fsp3) is 0.238. The molecule has 3 aromatic rings. The summed E-state index contributed by atoms with van der Waals surface area (Å²) in [4.78, 5) is 0. The maximum absolute atomic E-state index is 10.1. The Hall–Kier alpha value is -2.56. The fourth-order valence-electron chi connectivity index (χ4n) is 2.75. The summed E-state index contributed by atoms with van der Waals surface area (Å²) in [6.07, 6.45) is 0.349. The third-order valence-electron chi connectivity index (χ3n) is 4.13. The van der Waals surface area contributed by atoms with Crippen LogP contribution in [0.1, 0.15) is 5.56 Å². The van der Waals surface area contributed by atoms with E-state index in [0.717, 1.165) is 35.2 Å². The van der Waals surface area contributed by atoms with Crippen molar-refractivity contribution in [3.63, 3.8) is 0 Å². The predicted molar refractivity (Wildman–Crippen MR) is 103 cm³/mol. The summed E-state index contributed by atoms with van der Waals surface area (Å²) in [5, 5.41) is 15.6. The molecule has 0 saturated carbocycles. The summed E-state index contributed by atoms with van der Waals surface area (Å²) in [7, 11) is 0. The largest absolute Gasteiger partial charge is 0.490 e. The number of benzene rings is 3. The van der Waals surface area contributed by atoms with E-state index in [2.05, 4.69) is 17.4 Å². The Morgan fingerprint density at radius 1 is 0.960 bits per heavy atom. The van der Waals surface area contributed by atoms with Crippen LogP contribution in [-0.4, -0.2) is 30.9 Å². The zero-order valence-electron chi connectivity index (χ0n) is 14.2. The van der Waals surface area contributed by atoms with Gasteiger partial charge in [-0.2, -0.15) is 0 Å². The molecular weight excluding hydrogens is 312 g/mol. The SMILES string of the molecule is Nc1ccc(CCNC[C@H](O)COc2cccc3ccccc23)cc1. The number of anilines is 1. The molecule has 0 aliphatic heterocycles. The normalized spacial score (nSPS) is 12.2. The summed E-state index contributed by atoms with van der Waals surface area (Å²) in [6.45, 7) is 1.57. The zero-order valence-corrected chi connectivity index (χ0v) is 14.2. The van der Waals surface area contributed by atoms with Crippen LogP contribution in [0.2, 0.25) is 0 Å². The molecule has 0 heterocycles. The van der Waals surface area contributed by atoms with E-state index in [9.17, 15) is 5.11 Å². The Kier molecular flexibility index (Phi) is 5.88. The first kappa shape index (κ1) is 17.3. The molecule has 0 amide bonds. The standard InChI is InChI=1S/C21H24N2O2/c22-18-10-8-16(9-11-18)12-13-23-14-19(24)15-25-21-7-3-5-17-4-1-2-6-20(17)21/h1-11,19,23-24H,12-15,22H2/t19-/m0/s1. The maximum Gasteiger partial charge on any atom is 0.127 e. The van der Waals surface area contributed by atoms with Crippen LogP contribution in [-0.2, 0) is 6.42 Å². The van der Waals surface area contributed by atoms with Crippen LogP contribution in [0.25, 0.3) is 10.8 Å². The highest BCUT2D eigenvalue weighted by Gasteiger charge is 2.07. The second kappa shape index (κ2) is 8.51. The van der Waals surface area contributed by atoms with Gasteiger partial charge in [0, 0.05) is 17.6 Å². The lowest BCUT2D eigenvalue weighted by Crippen LogP contribution is -2.32. The van der Waals surface area contributed by atoms with Crippen molar-refractivity contribution in [3.05, 3.63) is 72.3 Å². The van der Waals surface area contributed by atoms with Crippen molar-refractivity contribution >= 4 is 16.5 Å². The summed E-state index contributed by atoms with van der Waals surface area (Å²) < 4.78 is 5.81. The molecule has 3 aromatic carbocycles. The van der Waals surface area contributed by atoms with Crippen molar-refractivity contribution in [2.45, 2.75) is 12.5 Å². The van der Waals surface area contributed by atoms with Gasteiger partial charge in [-0.3, -0.25) is 0 Å². The van der Waals surface area contributed by atoms with E-state index < -0.39 is 6.10 Å². The Morgan fingerprint density at radius 2 is 1.72 bits per heavy atom. The molecule has 25 heavy (non-hydrogen) atoms. The van der Waals surface area contributed by atoms with E-state index in [1.165, 1.54) is 5.56 Å². The maximum atomic E-state index is 10.1. The third kappa shape index (κ3) is 4.95. The number of nitrogens with two attached hydrogens (primary N) is 1. The summed E-state index contributed by atoms with van der Waals surface area (Å²) in [5.74, 6) is 0.805. The van der Waals surface area contributed by atoms with Gasteiger partial charge in [0.15, 0.2) is 0 Å². The molecule has 0 fully saturated rings. The molecule has 0 aliphatic rings. The molecule has 0 spiro atoms. The van der Waals surface area contributed by atoms with Crippen LogP contribution in [0.3, 0.4) is 0 Å². The first-order valence-corrected chi connectivity index (χ1v) is 8.56. The fourth-order valence-corrected chi connectivity index (χ4v) is 2.75. The Balaban J connectivity index is 1.42. The number of fused-ring (bicyclic) bond motifs is 1. The quantitative estimate of drug-likeness (QED) is 0.437. The molecule has 0 saturated heterocycles. The molecular formula is C21H24N2O2. The predicted octanol–water partition coefficient (Wildman–Crippen LogP) is 2.99. The molecule has 1 atom stereocenters. The molecule has 4 N–H and O–H groups in total. The zero-order chi connectivity index (χ0) is 17.5. The summed E-state index contributed by atoms with van der Waals surface area (Å²) >= 11 is 0. The summed E-state index contributed by atoms with van der Waals surface area (Å²) in [6, 6.07) is 21.9. The number of hydrogen-bond donors (Lipinski definition) is 3. The summed E-state index contributed by atoms with van der Waals surface area (Å²) in [5.41, 5.74) is 7.68. The highest BCUT2D eigenvalue weighted by molar-refractivity contribution is 5.88. The molecule has 0 radical (unpaired) electrons. The average Bonchev–Trinajstić information content (AvgIpc) is 2.65. The number of ether oxygens (including phenoxy) is 1. The topological polar surface area (TPSA) is 67.5 Å². The Labute approximate surface area is 148 Å². The van der Waals surface area contributed by atoms with Crippen LogP contribution in [0, 0.1) is 0 Å². The first-order chi connectivity index (χ1) is 12.2. The van der Waals surface area contributed by atoms with Crippen molar-refractivity contribution in [2.24, 2.45) is 0 Å². The van der Waals surface area contributed by atoms with Gasteiger partial charge < -0.3 is 20.9 Å². The number of aliphatic hydroxyl groups is 1. The molecule has 4 heteroatoms. The highest BCUT2D eigenvalue weighted by atomic mass is 16.5. The lowest BCUT2D eigenvalue weighted by Gasteiger charge is -2.14. The van der Waals surface area contributed by atoms with Gasteiger partial charge in [-0.1, -0.05) is 48.5 Å². The molecule has 0 unspecified atom stereocenters. The van der Waals surface area contributed by atoms with Crippen LogP contribution >= 0.6 is 0 Å². The van der Waals surface area contributed by atoms with Crippen molar-refractivity contribution in [2.75, 3.05) is 25.4 Å². The monoisotopic (exact) mass is 336 g/mol. The average molecular weight is 336 g/mol. The van der Waals surface area contributed by atoms with Gasteiger partial charge in [0.25, 0.3) is 0 Å². The second-order valence-electron chi connectivity index (χ2n) is 6.14. The van der Waals surface area contributed by atoms with Gasteiger partial charge in [0.05, 0.1) is 0 Å².